The smallest absolute Gasteiger partial charge is 0.226 e. The standard InChI is InChI=1S/C29H50N2O4S/c1-29(2,3)31(25-7-5-4-6-8-25)28(33)23-13-15-24(16-14-23)30-27(32)19-21-11-17-26(18-12-21)36(34,35)20-22-9-10-22/h21-26H,4-20H2,1-3H3,(H,30,32). The molecule has 6 nitrogen and oxygen atoms in total. The summed E-state index contributed by atoms with van der Waals surface area (Å²) in [6.07, 6.45) is 15.2. The molecule has 4 aliphatic carbocycles. The molecule has 0 saturated heterocycles. The van der Waals surface area contributed by atoms with Gasteiger partial charge in [-0.15, -0.1) is 0 Å². The molecular weight excluding hydrogens is 472 g/mol. The molecule has 4 rings (SSSR count). The van der Waals surface area contributed by atoms with E-state index in [0.717, 1.165) is 64.2 Å². The molecule has 4 aliphatic rings. The molecule has 0 aromatic carbocycles. The summed E-state index contributed by atoms with van der Waals surface area (Å²) in [5.74, 6) is 1.59. The number of nitrogens with one attached hydrogen (secondary N) is 1. The third-order valence-corrected chi connectivity index (χ3v) is 11.7. The van der Waals surface area contributed by atoms with Crippen LogP contribution in [0.2, 0.25) is 0 Å². The van der Waals surface area contributed by atoms with Crippen molar-refractivity contribution < 1.29 is 18.0 Å². The minimum Gasteiger partial charge on any atom is -0.353 e. The van der Waals surface area contributed by atoms with E-state index in [1.165, 1.54) is 19.3 Å². The van der Waals surface area contributed by atoms with Gasteiger partial charge in [0.25, 0.3) is 0 Å². The normalized spacial score (nSPS) is 30.5. The quantitative estimate of drug-likeness (QED) is 0.463. The highest BCUT2D eigenvalue weighted by Gasteiger charge is 2.39. The zero-order chi connectivity index (χ0) is 25.9. The summed E-state index contributed by atoms with van der Waals surface area (Å²) in [5.41, 5.74) is -0.152. The highest BCUT2D eigenvalue weighted by atomic mass is 32.2. The van der Waals surface area contributed by atoms with Crippen molar-refractivity contribution in [3.63, 3.8) is 0 Å². The topological polar surface area (TPSA) is 83.6 Å². The minimum atomic E-state index is -2.96. The Balaban J connectivity index is 1.19. The molecule has 0 atom stereocenters. The second-order valence-corrected chi connectivity index (χ2v) is 15.7. The maximum Gasteiger partial charge on any atom is 0.226 e. The van der Waals surface area contributed by atoms with Gasteiger partial charge in [-0.3, -0.25) is 9.59 Å². The van der Waals surface area contributed by atoms with E-state index in [1.807, 2.05) is 0 Å². The van der Waals surface area contributed by atoms with E-state index < -0.39 is 9.84 Å². The van der Waals surface area contributed by atoms with Crippen LogP contribution in [0.3, 0.4) is 0 Å². The number of carbonyl (C=O) groups is 2. The van der Waals surface area contributed by atoms with Gasteiger partial charge in [-0.25, -0.2) is 8.42 Å². The first-order chi connectivity index (χ1) is 17.0. The second-order valence-electron chi connectivity index (χ2n) is 13.4. The molecule has 0 spiro atoms. The molecule has 206 valence electrons. The molecule has 7 heteroatoms. The van der Waals surface area contributed by atoms with Gasteiger partial charge in [-0.1, -0.05) is 19.3 Å². The Labute approximate surface area is 219 Å². The van der Waals surface area contributed by atoms with Gasteiger partial charge in [0.05, 0.1) is 11.0 Å². The molecule has 36 heavy (non-hydrogen) atoms. The average Bonchev–Trinajstić information content (AvgIpc) is 3.63. The van der Waals surface area contributed by atoms with E-state index in [1.54, 1.807) is 0 Å². The first-order valence-electron chi connectivity index (χ1n) is 14.9. The number of nitrogens with zero attached hydrogens (tertiary/aromatic N) is 1. The summed E-state index contributed by atoms with van der Waals surface area (Å²) in [7, 11) is -2.96. The van der Waals surface area contributed by atoms with Gasteiger partial charge in [0.1, 0.15) is 0 Å². The lowest BCUT2D eigenvalue weighted by Crippen LogP contribution is -2.55. The molecule has 0 unspecified atom stereocenters. The van der Waals surface area contributed by atoms with Gasteiger partial charge < -0.3 is 10.2 Å². The fraction of sp³-hybridized carbons (Fsp3) is 0.931. The molecule has 0 radical (unpaired) electrons. The van der Waals surface area contributed by atoms with E-state index in [-0.39, 0.29) is 28.7 Å². The van der Waals surface area contributed by atoms with Gasteiger partial charge in [-0.05, 0) is 110 Å². The van der Waals surface area contributed by atoms with Crippen LogP contribution in [0, 0.1) is 17.8 Å². The van der Waals surface area contributed by atoms with Crippen molar-refractivity contribution in [2.75, 3.05) is 5.75 Å². The lowest BCUT2D eigenvalue weighted by molar-refractivity contribution is -0.146. The van der Waals surface area contributed by atoms with E-state index >= 15 is 0 Å². The maximum atomic E-state index is 13.6. The molecule has 0 aliphatic heterocycles. The molecule has 4 saturated carbocycles. The van der Waals surface area contributed by atoms with Crippen LogP contribution in [-0.2, 0) is 19.4 Å². The molecule has 0 aromatic rings. The van der Waals surface area contributed by atoms with Crippen molar-refractivity contribution in [1.29, 1.82) is 0 Å². The third-order valence-electron chi connectivity index (χ3n) is 9.28. The van der Waals surface area contributed by atoms with E-state index in [4.69, 9.17) is 0 Å². The van der Waals surface area contributed by atoms with Crippen molar-refractivity contribution in [2.45, 2.75) is 146 Å². The number of hydrogen-bond donors (Lipinski definition) is 1. The van der Waals surface area contributed by atoms with Crippen molar-refractivity contribution in [3.05, 3.63) is 0 Å². The van der Waals surface area contributed by atoms with Crippen LogP contribution in [0.25, 0.3) is 0 Å². The van der Waals surface area contributed by atoms with Crippen LogP contribution >= 0.6 is 0 Å². The first-order valence-corrected chi connectivity index (χ1v) is 16.6. The highest BCUT2D eigenvalue weighted by Crippen LogP contribution is 2.37. The Morgan fingerprint density at radius 3 is 1.92 bits per heavy atom. The number of rotatable bonds is 8. The van der Waals surface area contributed by atoms with Crippen LogP contribution in [0.4, 0.5) is 0 Å². The largest absolute Gasteiger partial charge is 0.353 e. The molecule has 0 aromatic heterocycles. The lowest BCUT2D eigenvalue weighted by atomic mass is 9.82. The zero-order valence-corrected chi connectivity index (χ0v) is 23.8. The van der Waals surface area contributed by atoms with E-state index in [9.17, 15) is 18.0 Å². The molecule has 0 bridgehead atoms. The van der Waals surface area contributed by atoms with Crippen molar-refractivity contribution >= 4 is 21.7 Å². The number of carbonyl (C=O) groups excluding carboxylic acids is 2. The minimum absolute atomic E-state index is 0.0761. The third kappa shape index (κ3) is 7.48. The molecular formula is C29H50N2O4S. The van der Waals surface area contributed by atoms with Crippen molar-refractivity contribution in [2.24, 2.45) is 17.8 Å². The maximum absolute atomic E-state index is 13.6. The molecule has 0 heterocycles. The zero-order valence-electron chi connectivity index (χ0n) is 23.0. The highest BCUT2D eigenvalue weighted by molar-refractivity contribution is 7.92. The van der Waals surface area contributed by atoms with Gasteiger partial charge in [-0.2, -0.15) is 0 Å². The first kappa shape index (κ1) is 27.9. The van der Waals surface area contributed by atoms with Crippen LogP contribution in [0.5, 0.6) is 0 Å². The Morgan fingerprint density at radius 2 is 1.36 bits per heavy atom. The van der Waals surface area contributed by atoms with Gasteiger partial charge in [0, 0.05) is 30.0 Å². The Morgan fingerprint density at radius 1 is 0.778 bits per heavy atom. The van der Waals surface area contributed by atoms with E-state index in [2.05, 4.69) is 31.0 Å². The van der Waals surface area contributed by atoms with E-state index in [0.29, 0.717) is 48.8 Å². The van der Waals surface area contributed by atoms with Crippen LogP contribution in [-0.4, -0.2) is 53.8 Å². The monoisotopic (exact) mass is 522 g/mol. The number of hydrogen-bond acceptors (Lipinski definition) is 4. The predicted octanol–water partition coefficient (Wildman–Crippen LogP) is 5.39. The Bertz CT molecular complexity index is 854. The fourth-order valence-electron chi connectivity index (χ4n) is 7.07. The van der Waals surface area contributed by atoms with Gasteiger partial charge >= 0.3 is 0 Å². The Kier molecular flexibility index (Phi) is 9.10. The summed E-state index contributed by atoms with van der Waals surface area (Å²) >= 11 is 0. The lowest BCUT2D eigenvalue weighted by Gasteiger charge is -2.46. The molecule has 4 fully saturated rings. The molecule has 2 amide bonds. The summed E-state index contributed by atoms with van der Waals surface area (Å²) in [5, 5.41) is 3.05. The summed E-state index contributed by atoms with van der Waals surface area (Å²) < 4.78 is 25.2. The SMILES string of the molecule is CC(C)(C)N(C(=O)C1CCC(NC(=O)CC2CCC(S(=O)(=O)CC3CC3)CC2)CC1)C1CCCCC1. The summed E-state index contributed by atoms with van der Waals surface area (Å²) in [4.78, 5) is 28.6. The molecule has 1 N–H and O–H groups in total. The average molecular weight is 523 g/mol. The van der Waals surface area contributed by atoms with Crippen LogP contribution in [0.15, 0.2) is 0 Å². The number of sulfone groups is 1. The van der Waals surface area contributed by atoms with Crippen LogP contribution < -0.4 is 5.32 Å². The van der Waals surface area contributed by atoms with Crippen LogP contribution in [0.1, 0.15) is 124 Å². The van der Waals surface area contributed by atoms with Gasteiger partial charge in [0.15, 0.2) is 9.84 Å². The summed E-state index contributed by atoms with van der Waals surface area (Å²) in [6, 6.07) is 0.539. The fourth-order valence-corrected chi connectivity index (χ4v) is 9.32. The van der Waals surface area contributed by atoms with Crippen molar-refractivity contribution in [1.82, 2.24) is 10.2 Å². The number of amides is 2. The Hall–Kier alpha value is -1.11. The van der Waals surface area contributed by atoms with Gasteiger partial charge in [0.2, 0.25) is 11.8 Å². The predicted molar refractivity (Wildman–Crippen MR) is 144 cm³/mol. The van der Waals surface area contributed by atoms with Crippen molar-refractivity contribution in [3.8, 4) is 0 Å². The second kappa shape index (κ2) is 11.7. The summed E-state index contributed by atoms with van der Waals surface area (Å²) in [6.45, 7) is 6.50.